The van der Waals surface area contributed by atoms with E-state index in [4.69, 9.17) is 4.74 Å². The lowest BCUT2D eigenvalue weighted by atomic mass is 10.1. The molecule has 3 rings (SSSR count). The molecule has 0 aliphatic carbocycles. The second kappa shape index (κ2) is 3.21. The molecule has 2 aliphatic heterocycles. The summed E-state index contributed by atoms with van der Waals surface area (Å²) in [4.78, 5) is 0. The summed E-state index contributed by atoms with van der Waals surface area (Å²) in [5.41, 5.74) is 1.36. The van der Waals surface area contributed by atoms with E-state index in [9.17, 15) is 0 Å². The Kier molecular flexibility index (Phi) is 1.88. The highest BCUT2D eigenvalue weighted by Crippen LogP contribution is 2.25. The van der Waals surface area contributed by atoms with Crippen LogP contribution >= 0.6 is 0 Å². The van der Waals surface area contributed by atoms with Crippen LogP contribution in [0.15, 0.2) is 30.3 Å². The van der Waals surface area contributed by atoms with Gasteiger partial charge in [0, 0.05) is 12.0 Å². The number of hydrogen-bond donors (Lipinski definition) is 0. The third kappa shape index (κ3) is 1.36. The molecule has 72 valence electrons. The largest absolute Gasteiger partial charge is 0.307 e. The van der Waals surface area contributed by atoms with Gasteiger partial charge in [-0.2, -0.15) is 0 Å². The van der Waals surface area contributed by atoms with Gasteiger partial charge in [0.2, 0.25) is 0 Å². The minimum absolute atomic E-state index is 0.347. The number of hydrogen-bond acceptors (Lipinski definition) is 1. The summed E-state index contributed by atoms with van der Waals surface area (Å²) in [5, 5.41) is 0. The summed E-state index contributed by atoms with van der Waals surface area (Å²) in [6.45, 7) is 0.988. The highest BCUT2D eigenvalue weighted by Gasteiger charge is 2.40. The Hall–Kier alpha value is -1.15. The standard InChI is InChI=1S/C12H14NO/c1-2-4-10(5-3-1)8-13-9-11-6-7-12(13)14-11/h1-5,9,11-12H,6-8H2/q+1. The van der Waals surface area contributed by atoms with E-state index in [0.29, 0.717) is 12.3 Å². The third-order valence-electron chi connectivity index (χ3n) is 2.97. The molecule has 2 nitrogen and oxygen atoms in total. The summed E-state index contributed by atoms with van der Waals surface area (Å²) in [6, 6.07) is 10.6. The number of nitrogens with zero attached hydrogens (tertiary/aromatic N) is 1. The van der Waals surface area contributed by atoms with Gasteiger partial charge in [-0.3, -0.25) is 0 Å². The summed E-state index contributed by atoms with van der Waals surface area (Å²) in [6.07, 6.45) is 5.37. The molecule has 2 atom stereocenters. The van der Waals surface area contributed by atoms with Gasteiger partial charge in [0.05, 0.1) is 0 Å². The van der Waals surface area contributed by atoms with Crippen LogP contribution in [-0.4, -0.2) is 23.1 Å². The quantitative estimate of drug-likeness (QED) is 0.644. The van der Waals surface area contributed by atoms with E-state index in [1.807, 2.05) is 0 Å². The Morgan fingerprint density at radius 3 is 2.71 bits per heavy atom. The van der Waals surface area contributed by atoms with Crippen molar-refractivity contribution in [3.63, 3.8) is 0 Å². The molecule has 1 aromatic carbocycles. The highest BCUT2D eigenvalue weighted by atomic mass is 16.5. The van der Waals surface area contributed by atoms with Gasteiger partial charge in [-0.1, -0.05) is 30.3 Å². The predicted molar refractivity (Wildman–Crippen MR) is 54.4 cm³/mol. The number of ether oxygens (including phenoxy) is 1. The van der Waals surface area contributed by atoms with E-state index in [1.54, 1.807) is 0 Å². The van der Waals surface area contributed by atoms with Crippen molar-refractivity contribution in [2.24, 2.45) is 0 Å². The van der Waals surface area contributed by atoms with Crippen LogP contribution < -0.4 is 0 Å². The third-order valence-corrected chi connectivity index (χ3v) is 2.97. The van der Waals surface area contributed by atoms with Gasteiger partial charge in [0.1, 0.15) is 6.10 Å². The molecule has 0 spiro atoms. The summed E-state index contributed by atoms with van der Waals surface area (Å²) in [5.74, 6) is 0. The lowest BCUT2D eigenvalue weighted by Crippen LogP contribution is -2.22. The van der Waals surface area contributed by atoms with Crippen molar-refractivity contribution in [2.45, 2.75) is 31.7 Å². The Labute approximate surface area is 83.8 Å². The second-order valence-corrected chi connectivity index (χ2v) is 4.01. The minimum Gasteiger partial charge on any atom is -0.307 e. The average molecular weight is 188 g/mol. The number of rotatable bonds is 2. The van der Waals surface area contributed by atoms with Crippen molar-refractivity contribution in [3.8, 4) is 0 Å². The van der Waals surface area contributed by atoms with Gasteiger partial charge in [0.25, 0.3) is 6.23 Å². The van der Waals surface area contributed by atoms with E-state index >= 15 is 0 Å². The Morgan fingerprint density at radius 2 is 2.07 bits per heavy atom. The zero-order chi connectivity index (χ0) is 9.38. The zero-order valence-electron chi connectivity index (χ0n) is 8.10. The molecule has 2 aliphatic rings. The van der Waals surface area contributed by atoms with Crippen LogP contribution in [0.4, 0.5) is 0 Å². The smallest absolute Gasteiger partial charge is 0.258 e. The van der Waals surface area contributed by atoms with Crippen molar-refractivity contribution < 1.29 is 9.31 Å². The molecular weight excluding hydrogens is 174 g/mol. The topological polar surface area (TPSA) is 12.2 Å². The van der Waals surface area contributed by atoms with E-state index < -0.39 is 0 Å². The first kappa shape index (κ1) is 8.18. The summed E-state index contributed by atoms with van der Waals surface area (Å²) < 4.78 is 8.05. The SMILES string of the molecule is C1=[N+](Cc2ccccc2)C2CCC1O2. The first-order valence-corrected chi connectivity index (χ1v) is 5.22. The van der Waals surface area contributed by atoms with Crippen LogP contribution in [0.2, 0.25) is 0 Å². The van der Waals surface area contributed by atoms with Crippen LogP contribution in [0.25, 0.3) is 0 Å². The molecule has 1 fully saturated rings. The van der Waals surface area contributed by atoms with Crippen molar-refractivity contribution >= 4 is 6.21 Å². The lowest BCUT2D eigenvalue weighted by Gasteiger charge is -2.06. The predicted octanol–water partition coefficient (Wildman–Crippen LogP) is 1.79. The first-order valence-electron chi connectivity index (χ1n) is 5.22. The fourth-order valence-corrected chi connectivity index (χ4v) is 2.26. The molecule has 0 radical (unpaired) electrons. The van der Waals surface area contributed by atoms with Gasteiger partial charge in [-0.25, -0.2) is 4.58 Å². The van der Waals surface area contributed by atoms with Crippen molar-refractivity contribution in [2.75, 3.05) is 0 Å². The van der Waals surface area contributed by atoms with Gasteiger partial charge in [-0.15, -0.1) is 0 Å². The Bertz CT molecular complexity index is 358. The Morgan fingerprint density at radius 1 is 1.21 bits per heavy atom. The molecule has 0 amide bonds. The second-order valence-electron chi connectivity index (χ2n) is 4.01. The molecule has 2 heterocycles. The van der Waals surface area contributed by atoms with E-state index in [0.717, 1.165) is 6.54 Å². The highest BCUT2D eigenvalue weighted by molar-refractivity contribution is 5.59. The number of benzene rings is 1. The molecule has 1 saturated heterocycles. The molecule has 0 saturated carbocycles. The Balaban J connectivity index is 1.77. The molecule has 2 unspecified atom stereocenters. The summed E-state index contributed by atoms with van der Waals surface area (Å²) in [7, 11) is 0. The molecular formula is C12H14NO+. The fraction of sp³-hybridized carbons (Fsp3) is 0.417. The van der Waals surface area contributed by atoms with Gasteiger partial charge < -0.3 is 4.74 Å². The van der Waals surface area contributed by atoms with Crippen LogP contribution in [0.1, 0.15) is 18.4 Å². The molecule has 2 bridgehead atoms. The molecule has 0 N–H and O–H groups in total. The number of fused-ring (bicyclic) bond motifs is 2. The normalized spacial score (nSPS) is 29.3. The van der Waals surface area contributed by atoms with Crippen LogP contribution in [0, 0.1) is 0 Å². The minimum atomic E-state index is 0.347. The molecule has 0 aromatic heterocycles. The van der Waals surface area contributed by atoms with Crippen LogP contribution in [0.3, 0.4) is 0 Å². The fourth-order valence-electron chi connectivity index (χ4n) is 2.26. The van der Waals surface area contributed by atoms with Crippen LogP contribution in [0.5, 0.6) is 0 Å². The molecule has 14 heavy (non-hydrogen) atoms. The van der Waals surface area contributed by atoms with E-state index in [1.165, 1.54) is 18.4 Å². The lowest BCUT2D eigenvalue weighted by molar-refractivity contribution is -0.604. The van der Waals surface area contributed by atoms with Crippen LogP contribution in [-0.2, 0) is 11.3 Å². The van der Waals surface area contributed by atoms with Gasteiger partial charge in [0.15, 0.2) is 12.8 Å². The molecule has 2 heteroatoms. The van der Waals surface area contributed by atoms with Crippen molar-refractivity contribution in [3.05, 3.63) is 35.9 Å². The van der Waals surface area contributed by atoms with Crippen molar-refractivity contribution in [1.29, 1.82) is 0 Å². The maximum absolute atomic E-state index is 5.73. The van der Waals surface area contributed by atoms with Crippen molar-refractivity contribution in [1.82, 2.24) is 0 Å². The maximum Gasteiger partial charge on any atom is 0.258 e. The zero-order valence-corrected chi connectivity index (χ0v) is 8.10. The monoisotopic (exact) mass is 188 g/mol. The van der Waals surface area contributed by atoms with Gasteiger partial charge >= 0.3 is 0 Å². The first-order chi connectivity index (χ1) is 6.92. The summed E-state index contributed by atoms with van der Waals surface area (Å²) >= 11 is 0. The van der Waals surface area contributed by atoms with E-state index in [-0.39, 0.29) is 0 Å². The van der Waals surface area contributed by atoms with E-state index in [2.05, 4.69) is 41.1 Å². The van der Waals surface area contributed by atoms with Gasteiger partial charge in [-0.05, 0) is 6.42 Å². The molecule has 1 aromatic rings. The average Bonchev–Trinajstić information content (AvgIpc) is 2.81. The maximum atomic E-state index is 5.73.